The predicted octanol–water partition coefficient (Wildman–Crippen LogP) is 3.17. The Morgan fingerprint density at radius 2 is 2.14 bits per heavy atom. The summed E-state index contributed by atoms with van der Waals surface area (Å²) in [4.78, 5) is 2.56. The Hall–Kier alpha value is -1.06. The lowest BCUT2D eigenvalue weighted by atomic mass is 10.1. The van der Waals surface area contributed by atoms with E-state index < -0.39 is 0 Å². The molecule has 1 saturated heterocycles. The molecule has 1 aromatic carbocycles. The first-order chi connectivity index (χ1) is 10.2. The molecule has 0 bridgehead atoms. The average molecular weight is 290 g/mol. The average Bonchev–Trinajstić information content (AvgIpc) is 2.93. The predicted molar refractivity (Wildman–Crippen MR) is 89.7 cm³/mol. The highest BCUT2D eigenvalue weighted by molar-refractivity contribution is 5.55. The topological polar surface area (TPSA) is 35.5 Å². The number of para-hydroxylation sites is 1. The van der Waals surface area contributed by atoms with E-state index in [0.29, 0.717) is 18.6 Å². The number of nitrogens with one attached hydrogen (secondary N) is 1. The molecular formula is C18H30N2O. The van der Waals surface area contributed by atoms with Crippen LogP contribution in [-0.4, -0.2) is 30.8 Å². The summed E-state index contributed by atoms with van der Waals surface area (Å²) in [5.41, 5.74) is 2.78. The molecule has 1 atom stereocenters. The molecule has 2 N–H and O–H groups in total. The molecule has 0 radical (unpaired) electrons. The summed E-state index contributed by atoms with van der Waals surface area (Å²) in [5.74, 6) is 0.682. The van der Waals surface area contributed by atoms with Gasteiger partial charge in [0, 0.05) is 31.4 Å². The zero-order valence-electron chi connectivity index (χ0n) is 13.5. The first kappa shape index (κ1) is 16.3. The van der Waals surface area contributed by atoms with Gasteiger partial charge in [-0.25, -0.2) is 0 Å². The van der Waals surface area contributed by atoms with Crippen molar-refractivity contribution in [3.8, 4) is 0 Å². The molecule has 1 aliphatic rings. The third-order valence-corrected chi connectivity index (χ3v) is 4.24. The quantitative estimate of drug-likeness (QED) is 0.772. The number of rotatable bonds is 8. The smallest absolute Gasteiger partial charge is 0.0431 e. The van der Waals surface area contributed by atoms with Gasteiger partial charge in [-0.3, -0.25) is 0 Å². The van der Waals surface area contributed by atoms with Crippen LogP contribution in [0, 0.1) is 5.92 Å². The highest BCUT2D eigenvalue weighted by Crippen LogP contribution is 2.30. The highest BCUT2D eigenvalue weighted by atomic mass is 16.2. The lowest BCUT2D eigenvalue weighted by molar-refractivity contribution is 0.279. The van der Waals surface area contributed by atoms with E-state index in [4.69, 9.17) is 5.11 Å². The fourth-order valence-corrected chi connectivity index (χ4v) is 3.22. The molecule has 1 unspecified atom stereocenters. The number of hydrogen-bond acceptors (Lipinski definition) is 3. The number of benzene rings is 1. The number of nitrogens with zero attached hydrogens (tertiary/aromatic N) is 1. The van der Waals surface area contributed by atoms with Crippen molar-refractivity contribution in [2.45, 2.75) is 52.1 Å². The zero-order chi connectivity index (χ0) is 15.1. The summed E-state index contributed by atoms with van der Waals surface area (Å²) in [6.45, 7) is 7.94. The maximum Gasteiger partial charge on any atom is 0.0431 e. The van der Waals surface area contributed by atoms with Crippen LogP contribution in [0.5, 0.6) is 0 Å². The van der Waals surface area contributed by atoms with E-state index in [1.807, 2.05) is 0 Å². The summed E-state index contributed by atoms with van der Waals surface area (Å²) in [7, 11) is 0. The van der Waals surface area contributed by atoms with Crippen molar-refractivity contribution in [2.24, 2.45) is 5.92 Å². The van der Waals surface area contributed by atoms with E-state index in [-0.39, 0.29) is 0 Å². The van der Waals surface area contributed by atoms with Gasteiger partial charge in [0.05, 0.1) is 0 Å². The number of anilines is 1. The molecule has 1 heterocycles. The van der Waals surface area contributed by atoms with Crippen molar-refractivity contribution in [3.63, 3.8) is 0 Å². The molecule has 1 aromatic rings. The maximum atomic E-state index is 9.08. The van der Waals surface area contributed by atoms with Gasteiger partial charge in [-0.1, -0.05) is 32.0 Å². The summed E-state index contributed by atoms with van der Waals surface area (Å²) in [5, 5.41) is 12.6. The van der Waals surface area contributed by atoms with Crippen molar-refractivity contribution in [1.82, 2.24) is 5.32 Å². The van der Waals surface area contributed by atoms with Crippen LogP contribution in [-0.2, 0) is 6.54 Å². The van der Waals surface area contributed by atoms with Gasteiger partial charge in [-0.05, 0) is 49.8 Å². The summed E-state index contributed by atoms with van der Waals surface area (Å²) >= 11 is 0. The number of aliphatic hydroxyl groups excluding tert-OH is 1. The monoisotopic (exact) mass is 290 g/mol. The fraction of sp³-hybridized carbons (Fsp3) is 0.667. The van der Waals surface area contributed by atoms with Gasteiger partial charge in [0.25, 0.3) is 0 Å². The lowest BCUT2D eigenvalue weighted by Crippen LogP contribution is -2.31. The van der Waals surface area contributed by atoms with Gasteiger partial charge in [-0.15, -0.1) is 0 Å². The van der Waals surface area contributed by atoms with Crippen LogP contribution in [0.1, 0.15) is 45.1 Å². The molecule has 0 spiro atoms. The van der Waals surface area contributed by atoms with E-state index in [9.17, 15) is 0 Å². The fourth-order valence-electron chi connectivity index (χ4n) is 3.22. The van der Waals surface area contributed by atoms with Crippen molar-refractivity contribution in [1.29, 1.82) is 0 Å². The first-order valence-electron chi connectivity index (χ1n) is 8.38. The maximum absolute atomic E-state index is 9.08. The van der Waals surface area contributed by atoms with Gasteiger partial charge < -0.3 is 15.3 Å². The zero-order valence-corrected chi connectivity index (χ0v) is 13.5. The summed E-state index contributed by atoms with van der Waals surface area (Å²) < 4.78 is 0. The minimum absolute atomic E-state index is 0.307. The lowest BCUT2D eigenvalue weighted by Gasteiger charge is -2.29. The SMILES string of the molecule is CC(C)CNCc1ccccc1N1CCCC1CCCO. The van der Waals surface area contributed by atoms with E-state index in [1.165, 1.54) is 24.1 Å². The first-order valence-corrected chi connectivity index (χ1v) is 8.38. The van der Waals surface area contributed by atoms with Crippen LogP contribution in [0.4, 0.5) is 5.69 Å². The molecule has 3 heteroatoms. The van der Waals surface area contributed by atoms with Gasteiger partial charge in [0.2, 0.25) is 0 Å². The number of hydrogen-bond donors (Lipinski definition) is 2. The minimum Gasteiger partial charge on any atom is -0.396 e. The van der Waals surface area contributed by atoms with Crippen LogP contribution in [0.3, 0.4) is 0 Å². The highest BCUT2D eigenvalue weighted by Gasteiger charge is 2.25. The molecule has 118 valence electrons. The van der Waals surface area contributed by atoms with Crippen LogP contribution in [0.2, 0.25) is 0 Å². The Morgan fingerprint density at radius 3 is 2.90 bits per heavy atom. The Bertz CT molecular complexity index is 419. The van der Waals surface area contributed by atoms with Crippen LogP contribution in [0.15, 0.2) is 24.3 Å². The Balaban J connectivity index is 2.04. The molecule has 2 rings (SSSR count). The third kappa shape index (κ3) is 4.72. The molecule has 21 heavy (non-hydrogen) atoms. The van der Waals surface area contributed by atoms with Crippen molar-refractivity contribution >= 4 is 5.69 Å². The Morgan fingerprint density at radius 1 is 1.33 bits per heavy atom. The molecule has 0 saturated carbocycles. The van der Waals surface area contributed by atoms with E-state index in [0.717, 1.165) is 32.5 Å². The van der Waals surface area contributed by atoms with Gasteiger partial charge >= 0.3 is 0 Å². The van der Waals surface area contributed by atoms with E-state index in [2.05, 4.69) is 48.3 Å². The second kappa shape index (κ2) is 8.40. The van der Waals surface area contributed by atoms with Crippen LogP contribution in [0.25, 0.3) is 0 Å². The molecule has 1 fully saturated rings. The minimum atomic E-state index is 0.307. The second-order valence-corrected chi connectivity index (χ2v) is 6.51. The largest absolute Gasteiger partial charge is 0.396 e. The Labute approximate surface area is 129 Å². The van der Waals surface area contributed by atoms with Crippen molar-refractivity contribution in [2.75, 3.05) is 24.6 Å². The van der Waals surface area contributed by atoms with E-state index in [1.54, 1.807) is 0 Å². The standard InChI is InChI=1S/C18H30N2O/c1-15(2)13-19-14-16-7-3-4-10-18(16)20-11-5-8-17(20)9-6-12-21/h3-4,7,10,15,17,19,21H,5-6,8-9,11-14H2,1-2H3. The second-order valence-electron chi connectivity index (χ2n) is 6.51. The van der Waals surface area contributed by atoms with Crippen molar-refractivity contribution < 1.29 is 5.11 Å². The molecular weight excluding hydrogens is 260 g/mol. The van der Waals surface area contributed by atoms with E-state index >= 15 is 0 Å². The molecule has 0 aromatic heterocycles. The molecule has 3 nitrogen and oxygen atoms in total. The normalized spacial score (nSPS) is 18.7. The van der Waals surface area contributed by atoms with Gasteiger partial charge in [-0.2, -0.15) is 0 Å². The van der Waals surface area contributed by atoms with Crippen molar-refractivity contribution in [3.05, 3.63) is 29.8 Å². The molecule has 0 aliphatic carbocycles. The van der Waals surface area contributed by atoms with Gasteiger partial charge in [0.1, 0.15) is 0 Å². The third-order valence-electron chi connectivity index (χ3n) is 4.24. The Kier molecular flexibility index (Phi) is 6.52. The summed E-state index contributed by atoms with van der Waals surface area (Å²) in [6, 6.07) is 9.37. The molecule has 1 aliphatic heterocycles. The van der Waals surface area contributed by atoms with Crippen LogP contribution < -0.4 is 10.2 Å². The number of aliphatic hydroxyl groups is 1. The van der Waals surface area contributed by atoms with Gasteiger partial charge in [0.15, 0.2) is 0 Å². The van der Waals surface area contributed by atoms with Crippen LogP contribution >= 0.6 is 0 Å². The summed E-state index contributed by atoms with van der Waals surface area (Å²) in [6.07, 6.45) is 4.54. The molecule has 0 amide bonds.